The molecule has 0 unspecified atom stereocenters. The van der Waals surface area contributed by atoms with Crippen LogP contribution in [-0.4, -0.2) is 25.6 Å². The van der Waals surface area contributed by atoms with Crippen LogP contribution in [0.15, 0.2) is 84.2 Å². The predicted molar refractivity (Wildman–Crippen MR) is 118 cm³/mol. The van der Waals surface area contributed by atoms with Crippen molar-refractivity contribution in [2.45, 2.75) is 17.5 Å². The number of pyridine rings is 1. The van der Waals surface area contributed by atoms with Crippen molar-refractivity contribution < 1.29 is 10.0 Å². The maximum Gasteiger partial charge on any atom is 0.267 e. The standard InChI is InChI=1S/C23H20N4O2S/c28-22(26-29)13-12-17-8-10-18(11-9-17)16-30-23-25-20-6-1-2-7-21(20)27(23)15-19-5-3-4-14-24-19/h1-14,29H,15-16H2,(H,26,28)/b13-12+. The van der Waals surface area contributed by atoms with Gasteiger partial charge in [0.2, 0.25) is 0 Å². The molecule has 0 fully saturated rings. The quantitative estimate of drug-likeness (QED) is 0.203. The number of benzene rings is 2. The Labute approximate surface area is 178 Å². The molecule has 2 heterocycles. The summed E-state index contributed by atoms with van der Waals surface area (Å²) < 4.78 is 2.20. The Hall–Kier alpha value is -3.42. The van der Waals surface area contributed by atoms with E-state index in [9.17, 15) is 4.79 Å². The molecule has 6 nitrogen and oxygen atoms in total. The van der Waals surface area contributed by atoms with Gasteiger partial charge in [-0.25, -0.2) is 10.5 Å². The smallest absolute Gasteiger partial charge is 0.267 e. The average molecular weight is 417 g/mol. The fraction of sp³-hybridized carbons (Fsp3) is 0.0870. The molecule has 4 rings (SSSR count). The second-order valence-electron chi connectivity index (χ2n) is 6.63. The van der Waals surface area contributed by atoms with E-state index in [4.69, 9.17) is 10.2 Å². The van der Waals surface area contributed by atoms with Crippen LogP contribution < -0.4 is 5.48 Å². The van der Waals surface area contributed by atoms with E-state index in [1.54, 1.807) is 23.3 Å². The minimum Gasteiger partial charge on any atom is -0.313 e. The fourth-order valence-corrected chi connectivity index (χ4v) is 4.02. The Morgan fingerprint density at radius 1 is 1.07 bits per heavy atom. The van der Waals surface area contributed by atoms with Gasteiger partial charge >= 0.3 is 0 Å². The number of rotatable bonds is 7. The van der Waals surface area contributed by atoms with E-state index in [0.717, 1.165) is 38.8 Å². The third-order valence-electron chi connectivity index (χ3n) is 4.55. The van der Waals surface area contributed by atoms with Crippen LogP contribution in [0.1, 0.15) is 16.8 Å². The van der Waals surface area contributed by atoms with Crippen molar-refractivity contribution in [2.24, 2.45) is 0 Å². The third-order valence-corrected chi connectivity index (χ3v) is 5.60. The number of para-hydroxylation sites is 2. The molecular formula is C23H20N4O2S. The number of carbonyl (C=O) groups is 1. The summed E-state index contributed by atoms with van der Waals surface area (Å²) in [6, 6.07) is 22.0. The lowest BCUT2D eigenvalue weighted by Gasteiger charge is -2.09. The second-order valence-corrected chi connectivity index (χ2v) is 7.57. The van der Waals surface area contributed by atoms with E-state index >= 15 is 0 Å². The molecule has 7 heteroatoms. The van der Waals surface area contributed by atoms with Gasteiger partial charge in [-0.15, -0.1) is 0 Å². The molecule has 0 spiro atoms. The molecule has 150 valence electrons. The van der Waals surface area contributed by atoms with Gasteiger partial charge in [-0.3, -0.25) is 15.0 Å². The van der Waals surface area contributed by atoms with Gasteiger partial charge in [-0.1, -0.05) is 54.2 Å². The number of carbonyl (C=O) groups excluding carboxylic acids is 1. The van der Waals surface area contributed by atoms with Crippen LogP contribution in [0, 0.1) is 0 Å². The Morgan fingerprint density at radius 2 is 1.87 bits per heavy atom. The molecule has 0 saturated carbocycles. The number of fused-ring (bicyclic) bond motifs is 1. The number of hydroxylamine groups is 1. The summed E-state index contributed by atoms with van der Waals surface area (Å²) in [5, 5.41) is 9.49. The Bertz CT molecular complexity index is 1170. The van der Waals surface area contributed by atoms with Crippen LogP contribution in [0.2, 0.25) is 0 Å². The van der Waals surface area contributed by atoms with E-state index in [2.05, 4.69) is 15.6 Å². The molecule has 0 aliphatic heterocycles. The number of aromatic nitrogens is 3. The van der Waals surface area contributed by atoms with Crippen molar-refractivity contribution in [2.75, 3.05) is 0 Å². The van der Waals surface area contributed by atoms with E-state index in [1.165, 1.54) is 6.08 Å². The minimum atomic E-state index is -0.554. The largest absolute Gasteiger partial charge is 0.313 e. The summed E-state index contributed by atoms with van der Waals surface area (Å²) in [5.41, 5.74) is 6.67. The highest BCUT2D eigenvalue weighted by atomic mass is 32.2. The monoisotopic (exact) mass is 416 g/mol. The third kappa shape index (κ3) is 4.76. The topological polar surface area (TPSA) is 80.0 Å². The van der Waals surface area contributed by atoms with Gasteiger partial charge < -0.3 is 4.57 Å². The van der Waals surface area contributed by atoms with Gasteiger partial charge in [0.15, 0.2) is 5.16 Å². The van der Waals surface area contributed by atoms with Crippen molar-refractivity contribution in [1.82, 2.24) is 20.0 Å². The molecule has 0 atom stereocenters. The molecule has 30 heavy (non-hydrogen) atoms. The molecule has 2 aromatic heterocycles. The zero-order chi connectivity index (χ0) is 20.8. The molecule has 0 bridgehead atoms. The summed E-state index contributed by atoms with van der Waals surface area (Å²) in [6.45, 7) is 0.667. The highest BCUT2D eigenvalue weighted by Crippen LogP contribution is 2.27. The Balaban J connectivity index is 1.52. The Morgan fingerprint density at radius 3 is 2.63 bits per heavy atom. The van der Waals surface area contributed by atoms with Crippen LogP contribution in [0.25, 0.3) is 17.1 Å². The van der Waals surface area contributed by atoms with Crippen molar-refractivity contribution >= 4 is 34.8 Å². The summed E-state index contributed by atoms with van der Waals surface area (Å²) in [4.78, 5) is 20.4. The lowest BCUT2D eigenvalue weighted by molar-refractivity contribution is -0.124. The summed E-state index contributed by atoms with van der Waals surface area (Å²) in [5.74, 6) is 0.216. The molecule has 0 aliphatic rings. The molecule has 0 radical (unpaired) electrons. The SMILES string of the molecule is O=C(/C=C/c1ccc(CSc2nc3ccccc3n2Cc2ccccn2)cc1)NO. The number of hydrogen-bond donors (Lipinski definition) is 2. The molecule has 0 aliphatic carbocycles. The van der Waals surface area contributed by atoms with Gasteiger partial charge in [-0.05, 0) is 41.5 Å². The lowest BCUT2D eigenvalue weighted by atomic mass is 10.1. The number of hydrogen-bond acceptors (Lipinski definition) is 5. The number of thioether (sulfide) groups is 1. The van der Waals surface area contributed by atoms with Crippen molar-refractivity contribution in [1.29, 1.82) is 0 Å². The Kier molecular flexibility index (Phi) is 6.22. The highest BCUT2D eigenvalue weighted by molar-refractivity contribution is 7.98. The first-order valence-electron chi connectivity index (χ1n) is 9.42. The highest BCUT2D eigenvalue weighted by Gasteiger charge is 2.12. The number of amides is 1. The molecule has 0 saturated heterocycles. The molecule has 4 aromatic rings. The lowest BCUT2D eigenvalue weighted by Crippen LogP contribution is -2.14. The van der Waals surface area contributed by atoms with Crippen LogP contribution in [0.4, 0.5) is 0 Å². The van der Waals surface area contributed by atoms with E-state index in [0.29, 0.717) is 6.54 Å². The van der Waals surface area contributed by atoms with Gasteiger partial charge in [0.1, 0.15) is 0 Å². The summed E-state index contributed by atoms with van der Waals surface area (Å²) in [6.07, 6.45) is 4.74. The first-order valence-corrected chi connectivity index (χ1v) is 10.4. The normalized spacial score (nSPS) is 11.2. The number of imidazole rings is 1. The van der Waals surface area contributed by atoms with E-state index < -0.39 is 5.91 Å². The minimum absolute atomic E-state index is 0.554. The van der Waals surface area contributed by atoms with Gasteiger partial charge in [0.25, 0.3) is 5.91 Å². The zero-order valence-electron chi connectivity index (χ0n) is 16.1. The number of nitrogens with one attached hydrogen (secondary N) is 1. The van der Waals surface area contributed by atoms with Gasteiger partial charge in [0, 0.05) is 18.0 Å². The summed E-state index contributed by atoms with van der Waals surface area (Å²) in [7, 11) is 0. The van der Waals surface area contributed by atoms with Gasteiger partial charge in [0.05, 0.1) is 23.3 Å². The summed E-state index contributed by atoms with van der Waals surface area (Å²) >= 11 is 1.68. The predicted octanol–water partition coefficient (Wildman–Crippen LogP) is 4.29. The molecule has 1 amide bonds. The first kappa shape index (κ1) is 19.9. The molecule has 2 N–H and O–H groups in total. The van der Waals surface area contributed by atoms with Crippen molar-refractivity contribution in [3.63, 3.8) is 0 Å². The van der Waals surface area contributed by atoms with Crippen molar-refractivity contribution in [3.05, 3.63) is 95.8 Å². The maximum atomic E-state index is 11.1. The molecule has 2 aromatic carbocycles. The first-order chi connectivity index (χ1) is 14.7. The maximum absolute atomic E-state index is 11.1. The van der Waals surface area contributed by atoms with Gasteiger partial charge in [-0.2, -0.15) is 0 Å². The van der Waals surface area contributed by atoms with Crippen LogP contribution in [0.3, 0.4) is 0 Å². The van der Waals surface area contributed by atoms with Crippen molar-refractivity contribution in [3.8, 4) is 0 Å². The fourth-order valence-electron chi connectivity index (χ4n) is 3.05. The molecular weight excluding hydrogens is 396 g/mol. The number of nitrogens with zero attached hydrogens (tertiary/aromatic N) is 3. The second kappa shape index (κ2) is 9.39. The zero-order valence-corrected chi connectivity index (χ0v) is 16.9. The van der Waals surface area contributed by atoms with E-state index in [1.807, 2.05) is 66.9 Å². The van der Waals surface area contributed by atoms with Crippen LogP contribution >= 0.6 is 11.8 Å². The average Bonchev–Trinajstić information content (AvgIpc) is 3.14. The van der Waals surface area contributed by atoms with Crippen LogP contribution in [-0.2, 0) is 17.1 Å². The van der Waals surface area contributed by atoms with Crippen LogP contribution in [0.5, 0.6) is 0 Å². The van der Waals surface area contributed by atoms with E-state index in [-0.39, 0.29) is 0 Å².